The van der Waals surface area contributed by atoms with Gasteiger partial charge in [-0.15, -0.1) is 0 Å². The molecule has 0 atom stereocenters. The van der Waals surface area contributed by atoms with Crippen LogP contribution < -0.4 is 5.32 Å². The number of benzene rings is 1. The lowest BCUT2D eigenvalue weighted by molar-refractivity contribution is -0.148. The molecule has 32 heavy (non-hydrogen) atoms. The fourth-order valence-electron chi connectivity index (χ4n) is 4.40. The SMILES string of the molecule is CC1CCC(NC(=O)COC(=O)CCc2ccc(S(=O)(=O)N3CCCCCC3)cc2)CC1. The first-order chi connectivity index (χ1) is 15.3. The Hall–Kier alpha value is -1.93. The van der Waals surface area contributed by atoms with Crippen LogP contribution in [0.1, 0.15) is 70.3 Å². The van der Waals surface area contributed by atoms with Gasteiger partial charge < -0.3 is 10.1 Å². The molecule has 1 saturated heterocycles. The maximum atomic E-state index is 12.8. The summed E-state index contributed by atoms with van der Waals surface area (Å²) in [4.78, 5) is 24.3. The van der Waals surface area contributed by atoms with Gasteiger partial charge in [0.05, 0.1) is 4.90 Å². The van der Waals surface area contributed by atoms with Gasteiger partial charge in [0.1, 0.15) is 0 Å². The maximum Gasteiger partial charge on any atom is 0.306 e. The zero-order valence-corrected chi connectivity index (χ0v) is 19.9. The van der Waals surface area contributed by atoms with Crippen molar-refractivity contribution in [2.24, 2.45) is 5.92 Å². The summed E-state index contributed by atoms with van der Waals surface area (Å²) in [7, 11) is -3.47. The molecule has 0 spiro atoms. The number of carbonyl (C=O) groups excluding carboxylic acids is 2. The first kappa shape index (κ1) is 24.7. The summed E-state index contributed by atoms with van der Waals surface area (Å²) >= 11 is 0. The average Bonchev–Trinajstić information content (AvgIpc) is 3.08. The smallest absolute Gasteiger partial charge is 0.306 e. The molecule has 1 heterocycles. The highest BCUT2D eigenvalue weighted by molar-refractivity contribution is 7.89. The van der Waals surface area contributed by atoms with Gasteiger partial charge in [-0.05, 0) is 68.6 Å². The van der Waals surface area contributed by atoms with Crippen molar-refractivity contribution in [2.75, 3.05) is 19.7 Å². The molecule has 1 aliphatic carbocycles. The highest BCUT2D eigenvalue weighted by atomic mass is 32.2. The summed E-state index contributed by atoms with van der Waals surface area (Å²) < 4.78 is 32.4. The first-order valence-electron chi connectivity index (χ1n) is 11.9. The van der Waals surface area contributed by atoms with Crippen molar-refractivity contribution in [3.8, 4) is 0 Å². The molecule has 0 aromatic heterocycles. The van der Waals surface area contributed by atoms with Crippen LogP contribution in [0.25, 0.3) is 0 Å². The van der Waals surface area contributed by atoms with Crippen LogP contribution in [0.5, 0.6) is 0 Å². The Morgan fingerprint density at radius 1 is 1.00 bits per heavy atom. The number of sulfonamides is 1. The van der Waals surface area contributed by atoms with Gasteiger partial charge in [-0.25, -0.2) is 8.42 Å². The van der Waals surface area contributed by atoms with E-state index < -0.39 is 16.0 Å². The first-order valence-corrected chi connectivity index (χ1v) is 13.3. The quantitative estimate of drug-likeness (QED) is 0.595. The molecule has 2 aliphatic rings. The number of aryl methyl sites for hydroxylation is 1. The molecule has 0 radical (unpaired) electrons. The van der Waals surface area contributed by atoms with Crippen LogP contribution in [0.3, 0.4) is 0 Å². The van der Waals surface area contributed by atoms with Crippen molar-refractivity contribution in [1.82, 2.24) is 9.62 Å². The highest BCUT2D eigenvalue weighted by Crippen LogP contribution is 2.23. The number of rotatable bonds is 8. The Kier molecular flexibility index (Phi) is 9.11. The van der Waals surface area contributed by atoms with Gasteiger partial charge in [0.25, 0.3) is 5.91 Å². The molecule has 1 saturated carbocycles. The fourth-order valence-corrected chi connectivity index (χ4v) is 5.91. The Balaban J connectivity index is 1.40. The van der Waals surface area contributed by atoms with Crippen molar-refractivity contribution >= 4 is 21.9 Å². The Morgan fingerprint density at radius 3 is 2.25 bits per heavy atom. The molecule has 1 aliphatic heterocycles. The lowest BCUT2D eigenvalue weighted by Crippen LogP contribution is -2.39. The third kappa shape index (κ3) is 7.30. The van der Waals surface area contributed by atoms with Gasteiger partial charge in [0.2, 0.25) is 10.0 Å². The monoisotopic (exact) mass is 464 g/mol. The van der Waals surface area contributed by atoms with Crippen LogP contribution in [0, 0.1) is 5.92 Å². The van der Waals surface area contributed by atoms with Crippen LogP contribution in [-0.2, 0) is 30.8 Å². The minimum Gasteiger partial charge on any atom is -0.456 e. The van der Waals surface area contributed by atoms with E-state index in [1.54, 1.807) is 28.6 Å². The number of carbonyl (C=O) groups is 2. The third-order valence-electron chi connectivity index (χ3n) is 6.49. The second kappa shape index (κ2) is 11.8. The molecular formula is C24H36N2O5S. The summed E-state index contributed by atoms with van der Waals surface area (Å²) in [6, 6.07) is 6.89. The van der Waals surface area contributed by atoms with E-state index in [9.17, 15) is 18.0 Å². The van der Waals surface area contributed by atoms with E-state index in [1.165, 1.54) is 0 Å². The highest BCUT2D eigenvalue weighted by Gasteiger charge is 2.25. The summed E-state index contributed by atoms with van der Waals surface area (Å²) in [5, 5.41) is 2.94. The third-order valence-corrected chi connectivity index (χ3v) is 8.40. The Bertz CT molecular complexity index is 853. The van der Waals surface area contributed by atoms with E-state index in [1.807, 2.05) is 0 Å². The molecule has 8 heteroatoms. The van der Waals surface area contributed by atoms with Crippen molar-refractivity contribution in [2.45, 2.75) is 82.1 Å². The number of nitrogens with one attached hydrogen (secondary N) is 1. The number of hydrogen-bond acceptors (Lipinski definition) is 5. The fraction of sp³-hybridized carbons (Fsp3) is 0.667. The van der Waals surface area contributed by atoms with E-state index in [2.05, 4.69) is 12.2 Å². The Morgan fingerprint density at radius 2 is 1.62 bits per heavy atom. The van der Waals surface area contributed by atoms with Crippen LogP contribution in [0.15, 0.2) is 29.2 Å². The summed E-state index contributed by atoms with van der Waals surface area (Å²) in [5.41, 5.74) is 0.859. The van der Waals surface area contributed by atoms with Gasteiger partial charge in [-0.2, -0.15) is 4.31 Å². The predicted octanol–water partition coefficient (Wildman–Crippen LogP) is 3.42. The van der Waals surface area contributed by atoms with Crippen LogP contribution in [0.2, 0.25) is 0 Å². The van der Waals surface area contributed by atoms with Crippen molar-refractivity contribution in [3.63, 3.8) is 0 Å². The van der Waals surface area contributed by atoms with E-state index in [4.69, 9.17) is 4.74 Å². The zero-order valence-electron chi connectivity index (χ0n) is 19.1. The second-order valence-corrected chi connectivity index (χ2v) is 11.1. The molecule has 7 nitrogen and oxygen atoms in total. The topological polar surface area (TPSA) is 92.8 Å². The van der Waals surface area contributed by atoms with Crippen LogP contribution >= 0.6 is 0 Å². The Labute approximate surface area is 191 Å². The molecule has 0 unspecified atom stereocenters. The number of ether oxygens (including phenoxy) is 1. The molecule has 1 aromatic rings. The summed E-state index contributed by atoms with van der Waals surface area (Å²) in [6.07, 6.45) is 8.71. The van der Waals surface area contributed by atoms with Crippen LogP contribution in [-0.4, -0.2) is 50.3 Å². The van der Waals surface area contributed by atoms with Crippen LogP contribution in [0.4, 0.5) is 0 Å². The van der Waals surface area contributed by atoms with E-state index in [0.29, 0.717) is 30.3 Å². The van der Waals surface area contributed by atoms with Gasteiger partial charge in [-0.3, -0.25) is 9.59 Å². The second-order valence-electron chi connectivity index (χ2n) is 9.15. The van der Waals surface area contributed by atoms with Crippen molar-refractivity contribution in [1.29, 1.82) is 0 Å². The largest absolute Gasteiger partial charge is 0.456 e. The molecular weight excluding hydrogens is 428 g/mol. The van der Waals surface area contributed by atoms with Gasteiger partial charge >= 0.3 is 5.97 Å². The molecule has 178 valence electrons. The molecule has 1 N–H and O–H groups in total. The lowest BCUT2D eigenvalue weighted by atomic mass is 9.87. The van der Waals surface area contributed by atoms with E-state index in [-0.39, 0.29) is 25.0 Å². The summed E-state index contributed by atoms with van der Waals surface area (Å²) in [6.45, 7) is 3.12. The maximum absolute atomic E-state index is 12.8. The number of amides is 1. The number of esters is 1. The minimum atomic E-state index is -3.47. The minimum absolute atomic E-state index is 0.145. The average molecular weight is 465 g/mol. The number of nitrogens with zero attached hydrogens (tertiary/aromatic N) is 1. The number of hydrogen-bond donors (Lipinski definition) is 1. The summed E-state index contributed by atoms with van der Waals surface area (Å²) in [5.74, 6) is 0.0316. The van der Waals surface area contributed by atoms with Gasteiger partial charge in [0.15, 0.2) is 6.61 Å². The van der Waals surface area contributed by atoms with Gasteiger partial charge in [-0.1, -0.05) is 31.9 Å². The van der Waals surface area contributed by atoms with E-state index >= 15 is 0 Å². The lowest BCUT2D eigenvalue weighted by Gasteiger charge is -2.26. The van der Waals surface area contributed by atoms with E-state index in [0.717, 1.165) is 56.9 Å². The van der Waals surface area contributed by atoms with Gasteiger partial charge in [0, 0.05) is 25.6 Å². The van der Waals surface area contributed by atoms with Crippen molar-refractivity contribution < 1.29 is 22.7 Å². The molecule has 1 aromatic carbocycles. The standard InChI is InChI=1S/C24H36N2O5S/c1-19-6-11-21(12-7-19)25-23(27)18-31-24(28)15-10-20-8-13-22(14-9-20)32(29,30)26-16-4-2-3-5-17-26/h8-9,13-14,19,21H,2-7,10-12,15-18H2,1H3,(H,25,27). The molecule has 0 bridgehead atoms. The molecule has 2 fully saturated rings. The zero-order chi connectivity index (χ0) is 23.0. The molecule has 1 amide bonds. The normalized spacial score (nSPS) is 22.7. The predicted molar refractivity (Wildman–Crippen MR) is 123 cm³/mol. The molecule has 3 rings (SSSR count). The van der Waals surface area contributed by atoms with Crippen molar-refractivity contribution in [3.05, 3.63) is 29.8 Å².